The summed E-state index contributed by atoms with van der Waals surface area (Å²) < 4.78 is 9.78. The smallest absolute Gasteiger partial charge is 0.276 e. The highest BCUT2D eigenvalue weighted by Crippen LogP contribution is 2.25. The van der Waals surface area contributed by atoms with Gasteiger partial charge in [-0.3, -0.25) is 19.0 Å². The van der Waals surface area contributed by atoms with E-state index in [1.807, 2.05) is 37.3 Å². The molecule has 0 aliphatic rings. The molecule has 0 aliphatic carbocycles. The van der Waals surface area contributed by atoms with E-state index in [1.54, 1.807) is 43.2 Å². The van der Waals surface area contributed by atoms with Crippen molar-refractivity contribution in [2.45, 2.75) is 13.5 Å². The molecule has 10 heteroatoms. The first-order valence-corrected chi connectivity index (χ1v) is 11.2. The number of carbonyl (C=O) groups is 2. The van der Waals surface area contributed by atoms with Crippen LogP contribution in [0.2, 0.25) is 0 Å². The summed E-state index contributed by atoms with van der Waals surface area (Å²) in [4.78, 5) is 25.9. The van der Waals surface area contributed by atoms with Gasteiger partial charge in [-0.1, -0.05) is 24.3 Å². The number of aryl methyl sites for hydroxylation is 2. The zero-order chi connectivity index (χ0) is 24.2. The van der Waals surface area contributed by atoms with Crippen molar-refractivity contribution in [3.63, 3.8) is 0 Å². The van der Waals surface area contributed by atoms with Crippen molar-refractivity contribution in [3.8, 4) is 5.75 Å². The lowest BCUT2D eigenvalue weighted by atomic mass is 10.1. The summed E-state index contributed by atoms with van der Waals surface area (Å²) in [5.74, 6) is -0.0449. The van der Waals surface area contributed by atoms with E-state index in [4.69, 9.17) is 4.74 Å². The Morgan fingerprint density at radius 1 is 0.941 bits per heavy atom. The predicted octanol–water partition coefficient (Wildman–Crippen LogP) is 4.31. The molecule has 174 valence electrons. The first kappa shape index (κ1) is 23.2. The molecule has 4 aromatic rings. The number of carbonyl (C=O) groups excluding carboxylic acids is 2. The van der Waals surface area contributed by atoms with Crippen LogP contribution in [0.15, 0.2) is 65.4 Å². The topological polar surface area (TPSA) is 103 Å². The Labute approximate surface area is 204 Å². The maximum Gasteiger partial charge on any atom is 0.276 e. The van der Waals surface area contributed by atoms with E-state index in [0.717, 1.165) is 15.7 Å². The Morgan fingerprint density at radius 3 is 2.38 bits per heavy atom. The zero-order valence-electron chi connectivity index (χ0n) is 18.9. The van der Waals surface area contributed by atoms with Crippen LogP contribution in [0.1, 0.15) is 32.1 Å². The third kappa shape index (κ3) is 5.01. The molecule has 0 spiro atoms. The third-order valence-corrected chi connectivity index (χ3v) is 5.96. The van der Waals surface area contributed by atoms with Crippen molar-refractivity contribution in [2.75, 3.05) is 10.6 Å². The maximum absolute atomic E-state index is 13.0. The largest absolute Gasteiger partial charge is 0.488 e. The third-order valence-electron chi connectivity index (χ3n) is 5.31. The van der Waals surface area contributed by atoms with Gasteiger partial charge in [0.2, 0.25) is 0 Å². The summed E-state index contributed by atoms with van der Waals surface area (Å²) in [6, 6.07) is 14.7. The van der Waals surface area contributed by atoms with E-state index < -0.39 is 5.91 Å². The van der Waals surface area contributed by atoms with Crippen LogP contribution in [0.3, 0.4) is 0 Å². The van der Waals surface area contributed by atoms with Crippen LogP contribution in [-0.4, -0.2) is 31.4 Å². The van der Waals surface area contributed by atoms with Crippen LogP contribution in [0.5, 0.6) is 5.75 Å². The molecule has 0 radical (unpaired) electrons. The maximum atomic E-state index is 13.0. The molecule has 2 aromatic carbocycles. The van der Waals surface area contributed by atoms with Gasteiger partial charge in [0.15, 0.2) is 0 Å². The average molecular weight is 523 g/mol. The van der Waals surface area contributed by atoms with Gasteiger partial charge >= 0.3 is 0 Å². The highest BCUT2D eigenvalue weighted by Gasteiger charge is 2.21. The van der Waals surface area contributed by atoms with Crippen molar-refractivity contribution in [3.05, 3.63) is 87.9 Å². The highest BCUT2D eigenvalue weighted by molar-refractivity contribution is 9.10. The Bertz CT molecular complexity index is 1360. The number of aromatic nitrogens is 4. The number of hydrogen-bond donors (Lipinski definition) is 2. The zero-order valence-corrected chi connectivity index (χ0v) is 20.5. The van der Waals surface area contributed by atoms with E-state index in [0.29, 0.717) is 29.3 Å². The van der Waals surface area contributed by atoms with Gasteiger partial charge in [-0.05, 0) is 52.7 Å². The van der Waals surface area contributed by atoms with Crippen LogP contribution >= 0.6 is 15.9 Å². The van der Waals surface area contributed by atoms with Crippen LogP contribution in [0.4, 0.5) is 11.4 Å². The number of anilines is 2. The van der Waals surface area contributed by atoms with Crippen LogP contribution in [0.25, 0.3) is 0 Å². The fourth-order valence-corrected chi connectivity index (χ4v) is 3.72. The second kappa shape index (κ2) is 9.92. The predicted molar refractivity (Wildman–Crippen MR) is 132 cm³/mol. The number of para-hydroxylation sites is 1. The van der Waals surface area contributed by atoms with Gasteiger partial charge in [0.25, 0.3) is 11.8 Å². The van der Waals surface area contributed by atoms with E-state index in [-0.39, 0.29) is 11.6 Å². The van der Waals surface area contributed by atoms with Gasteiger partial charge in [-0.15, -0.1) is 0 Å². The lowest BCUT2D eigenvalue weighted by molar-refractivity contribution is 0.101. The lowest BCUT2D eigenvalue weighted by Gasteiger charge is -2.10. The molecule has 2 aromatic heterocycles. The lowest BCUT2D eigenvalue weighted by Crippen LogP contribution is -2.20. The molecular formula is C24H23BrN6O3. The monoisotopic (exact) mass is 522 g/mol. The van der Waals surface area contributed by atoms with E-state index in [1.165, 1.54) is 10.9 Å². The second-order valence-corrected chi connectivity index (χ2v) is 8.48. The minimum absolute atomic E-state index is 0.227. The quantitative estimate of drug-likeness (QED) is 0.376. The summed E-state index contributed by atoms with van der Waals surface area (Å²) in [6.07, 6.45) is 3.02. The normalized spacial score (nSPS) is 10.7. The molecule has 0 bridgehead atoms. The average Bonchev–Trinajstić information content (AvgIpc) is 3.35. The highest BCUT2D eigenvalue weighted by atomic mass is 79.9. The van der Waals surface area contributed by atoms with Gasteiger partial charge in [0.05, 0.1) is 33.9 Å². The van der Waals surface area contributed by atoms with Crippen molar-refractivity contribution >= 4 is 39.1 Å². The molecule has 2 heterocycles. The van der Waals surface area contributed by atoms with Crippen molar-refractivity contribution in [1.29, 1.82) is 0 Å². The standard InChI is InChI=1S/C24H23BrN6O3/c1-15-19(12-26-30(15)2)28-24(33)22-20(13-27-31(22)3)29-23(32)17-8-6-7-16(11-17)14-34-21-10-5-4-9-18(21)25/h4-13H,14H2,1-3H3,(H,28,33)(H,29,32). The molecule has 2 N–H and O–H groups in total. The number of nitrogens with zero attached hydrogens (tertiary/aromatic N) is 4. The summed E-state index contributed by atoms with van der Waals surface area (Å²) in [7, 11) is 3.43. The molecule has 0 saturated heterocycles. The molecule has 9 nitrogen and oxygen atoms in total. The number of halogens is 1. The van der Waals surface area contributed by atoms with E-state index in [2.05, 4.69) is 36.8 Å². The molecule has 0 saturated carbocycles. The number of amides is 2. The number of benzene rings is 2. The van der Waals surface area contributed by atoms with Gasteiger partial charge in [-0.25, -0.2) is 0 Å². The van der Waals surface area contributed by atoms with Crippen molar-refractivity contribution in [2.24, 2.45) is 14.1 Å². The summed E-state index contributed by atoms with van der Waals surface area (Å²) in [5.41, 5.74) is 3.20. The molecule has 0 fully saturated rings. The molecule has 0 unspecified atom stereocenters. The molecule has 2 amide bonds. The van der Waals surface area contributed by atoms with Gasteiger partial charge in [0, 0.05) is 19.7 Å². The minimum Gasteiger partial charge on any atom is -0.488 e. The summed E-state index contributed by atoms with van der Waals surface area (Å²) in [6.45, 7) is 2.15. The number of ether oxygens (including phenoxy) is 1. The minimum atomic E-state index is -0.401. The molecular weight excluding hydrogens is 500 g/mol. The Hall–Kier alpha value is -3.92. The Kier molecular flexibility index (Phi) is 6.78. The van der Waals surface area contributed by atoms with Gasteiger partial charge < -0.3 is 15.4 Å². The SMILES string of the molecule is Cc1c(NC(=O)c2c(NC(=O)c3cccc(COc4ccccc4Br)c3)cnn2C)cnn1C. The second-order valence-electron chi connectivity index (χ2n) is 7.63. The summed E-state index contributed by atoms with van der Waals surface area (Å²) >= 11 is 3.46. The summed E-state index contributed by atoms with van der Waals surface area (Å²) in [5, 5.41) is 13.9. The number of nitrogens with one attached hydrogen (secondary N) is 2. The molecule has 0 atom stereocenters. The van der Waals surface area contributed by atoms with Gasteiger partial charge in [0.1, 0.15) is 18.1 Å². The van der Waals surface area contributed by atoms with Crippen molar-refractivity contribution < 1.29 is 14.3 Å². The fourth-order valence-electron chi connectivity index (χ4n) is 3.32. The van der Waals surface area contributed by atoms with E-state index in [9.17, 15) is 9.59 Å². The Balaban J connectivity index is 1.47. The number of rotatable bonds is 7. The molecule has 0 aliphatic heterocycles. The van der Waals surface area contributed by atoms with Gasteiger partial charge in [-0.2, -0.15) is 10.2 Å². The Morgan fingerprint density at radius 2 is 1.65 bits per heavy atom. The molecule has 34 heavy (non-hydrogen) atoms. The van der Waals surface area contributed by atoms with Crippen LogP contribution in [0, 0.1) is 6.92 Å². The van der Waals surface area contributed by atoms with Crippen LogP contribution in [-0.2, 0) is 20.7 Å². The van der Waals surface area contributed by atoms with Crippen LogP contribution < -0.4 is 15.4 Å². The van der Waals surface area contributed by atoms with E-state index >= 15 is 0 Å². The molecule has 4 rings (SSSR count). The van der Waals surface area contributed by atoms with Crippen molar-refractivity contribution in [1.82, 2.24) is 19.6 Å². The first-order valence-electron chi connectivity index (χ1n) is 10.4. The number of hydrogen-bond acceptors (Lipinski definition) is 5. The fraction of sp³-hybridized carbons (Fsp3) is 0.167. The first-order chi connectivity index (χ1) is 16.3.